The molecule has 1 amide bonds. The molecule has 2 aromatic heterocycles. The molecule has 0 atom stereocenters. The minimum absolute atomic E-state index is 0.0798. The Hall–Kier alpha value is -2.02. The van der Waals surface area contributed by atoms with Crippen LogP contribution in [-0.2, 0) is 0 Å². The molecule has 0 aliphatic heterocycles. The van der Waals surface area contributed by atoms with Crippen LogP contribution < -0.4 is 11.1 Å². The van der Waals surface area contributed by atoms with Crippen LogP contribution in [0.15, 0.2) is 35.3 Å². The molecular weight excluding hydrogens is 286 g/mol. The number of pyridine rings is 1. The Balaban J connectivity index is 2.23. The number of halogens is 1. The highest BCUT2D eigenvalue weighted by atomic mass is 79.9. The lowest BCUT2D eigenvalue weighted by atomic mass is 10.3. The fraction of sp³-hybridized carbons (Fsp3) is 0. The molecule has 0 saturated heterocycles. The van der Waals surface area contributed by atoms with Gasteiger partial charge in [0.15, 0.2) is 11.5 Å². The highest BCUT2D eigenvalue weighted by molar-refractivity contribution is 9.10. The molecule has 0 spiro atoms. The number of aromatic nitrogens is 3. The van der Waals surface area contributed by atoms with Crippen molar-refractivity contribution in [2.24, 2.45) is 0 Å². The Kier molecular flexibility index (Phi) is 3.29. The van der Waals surface area contributed by atoms with E-state index in [0.717, 1.165) is 0 Å². The zero-order valence-corrected chi connectivity index (χ0v) is 10.2. The summed E-state index contributed by atoms with van der Waals surface area (Å²) < 4.78 is 0.451. The van der Waals surface area contributed by atoms with Gasteiger partial charge in [0.25, 0.3) is 5.91 Å². The van der Waals surface area contributed by atoms with E-state index >= 15 is 0 Å². The van der Waals surface area contributed by atoms with E-state index in [-0.39, 0.29) is 11.5 Å². The van der Waals surface area contributed by atoms with Crippen LogP contribution in [0.3, 0.4) is 0 Å². The molecule has 0 aromatic carbocycles. The normalized spacial score (nSPS) is 9.94. The summed E-state index contributed by atoms with van der Waals surface area (Å²) >= 11 is 3.13. The second-order valence-corrected chi connectivity index (χ2v) is 3.93. The number of nitrogen functional groups attached to an aromatic ring is 1. The zero-order valence-electron chi connectivity index (χ0n) is 8.59. The zero-order chi connectivity index (χ0) is 12.3. The minimum atomic E-state index is -0.414. The van der Waals surface area contributed by atoms with Crippen LogP contribution in [0.4, 0.5) is 11.5 Å². The first-order valence-corrected chi connectivity index (χ1v) is 5.45. The molecule has 0 saturated carbocycles. The Morgan fingerprint density at radius 2 is 2.06 bits per heavy atom. The molecule has 0 aliphatic rings. The first-order valence-electron chi connectivity index (χ1n) is 4.66. The lowest BCUT2D eigenvalue weighted by Crippen LogP contribution is -2.16. The topological polar surface area (TPSA) is 93.8 Å². The summed E-state index contributed by atoms with van der Waals surface area (Å²) in [6.45, 7) is 0. The summed E-state index contributed by atoms with van der Waals surface area (Å²) in [6, 6.07) is 3.33. The molecule has 2 rings (SSSR count). The number of nitrogens with zero attached hydrogens (tertiary/aromatic N) is 3. The number of rotatable bonds is 2. The lowest BCUT2D eigenvalue weighted by Gasteiger charge is -2.05. The fourth-order valence-electron chi connectivity index (χ4n) is 1.17. The first-order chi connectivity index (χ1) is 8.16. The minimum Gasteiger partial charge on any atom is -0.382 e. The molecule has 17 heavy (non-hydrogen) atoms. The third-order valence-corrected chi connectivity index (χ3v) is 2.31. The predicted octanol–water partition coefficient (Wildman–Crippen LogP) is 1.47. The maximum Gasteiger partial charge on any atom is 0.278 e. The number of carbonyl (C=O) groups excluding carboxylic acids is 1. The second kappa shape index (κ2) is 4.88. The van der Waals surface area contributed by atoms with Crippen molar-refractivity contribution < 1.29 is 4.79 Å². The number of amides is 1. The van der Waals surface area contributed by atoms with Gasteiger partial charge in [-0.2, -0.15) is 0 Å². The van der Waals surface area contributed by atoms with Crippen LogP contribution in [0.25, 0.3) is 0 Å². The van der Waals surface area contributed by atoms with E-state index in [2.05, 4.69) is 36.2 Å². The van der Waals surface area contributed by atoms with Gasteiger partial charge >= 0.3 is 0 Å². The molecule has 0 bridgehead atoms. The first kappa shape index (κ1) is 11.5. The molecule has 0 unspecified atom stereocenters. The van der Waals surface area contributed by atoms with E-state index in [0.29, 0.717) is 10.3 Å². The largest absolute Gasteiger partial charge is 0.382 e. The molecule has 6 nitrogen and oxygen atoms in total. The lowest BCUT2D eigenvalue weighted by molar-refractivity contribution is 0.102. The van der Waals surface area contributed by atoms with Gasteiger partial charge in [-0.15, -0.1) is 0 Å². The molecular formula is C10H8BrN5O. The molecule has 86 valence electrons. The third kappa shape index (κ3) is 2.76. The monoisotopic (exact) mass is 293 g/mol. The van der Waals surface area contributed by atoms with E-state index < -0.39 is 5.91 Å². The van der Waals surface area contributed by atoms with Crippen LogP contribution in [0.1, 0.15) is 10.5 Å². The SMILES string of the molecule is Nc1ncc(Br)nc1C(=O)Nc1ccncc1. The second-order valence-electron chi connectivity index (χ2n) is 3.12. The van der Waals surface area contributed by atoms with Gasteiger partial charge in [0, 0.05) is 18.1 Å². The van der Waals surface area contributed by atoms with E-state index in [1.807, 2.05) is 0 Å². The van der Waals surface area contributed by atoms with Gasteiger partial charge in [0.1, 0.15) is 4.60 Å². The Labute approximate surface area is 105 Å². The molecule has 3 N–H and O–H groups in total. The number of nitrogens with two attached hydrogens (primary N) is 1. The number of hydrogen-bond donors (Lipinski definition) is 2. The van der Waals surface area contributed by atoms with Crippen LogP contribution in [0.2, 0.25) is 0 Å². The number of nitrogens with one attached hydrogen (secondary N) is 1. The summed E-state index contributed by atoms with van der Waals surface area (Å²) in [7, 11) is 0. The molecule has 7 heteroatoms. The molecule has 0 fully saturated rings. The third-order valence-electron chi connectivity index (χ3n) is 1.92. The van der Waals surface area contributed by atoms with Crippen molar-refractivity contribution in [3.8, 4) is 0 Å². The van der Waals surface area contributed by atoms with Crippen LogP contribution >= 0.6 is 15.9 Å². The smallest absolute Gasteiger partial charge is 0.278 e. The summed E-state index contributed by atoms with van der Waals surface area (Å²) in [5, 5.41) is 2.64. The van der Waals surface area contributed by atoms with Gasteiger partial charge in [0.2, 0.25) is 0 Å². The Bertz CT molecular complexity index is 546. The van der Waals surface area contributed by atoms with Gasteiger partial charge in [-0.1, -0.05) is 0 Å². The highest BCUT2D eigenvalue weighted by Gasteiger charge is 2.13. The predicted molar refractivity (Wildman–Crippen MR) is 66.3 cm³/mol. The van der Waals surface area contributed by atoms with Gasteiger partial charge < -0.3 is 11.1 Å². The summed E-state index contributed by atoms with van der Waals surface area (Å²) in [4.78, 5) is 23.5. The van der Waals surface area contributed by atoms with Crippen LogP contribution in [-0.4, -0.2) is 20.9 Å². The fourth-order valence-corrected chi connectivity index (χ4v) is 1.45. The van der Waals surface area contributed by atoms with Crippen molar-refractivity contribution in [2.75, 3.05) is 11.1 Å². The van der Waals surface area contributed by atoms with Crippen molar-refractivity contribution in [3.05, 3.63) is 41.0 Å². The number of anilines is 2. The van der Waals surface area contributed by atoms with E-state index in [9.17, 15) is 4.79 Å². The van der Waals surface area contributed by atoms with Crippen LogP contribution in [0.5, 0.6) is 0 Å². The average molecular weight is 294 g/mol. The maximum absolute atomic E-state index is 11.9. The van der Waals surface area contributed by atoms with E-state index in [1.165, 1.54) is 6.20 Å². The number of hydrogen-bond acceptors (Lipinski definition) is 5. The Morgan fingerprint density at radius 1 is 1.35 bits per heavy atom. The van der Waals surface area contributed by atoms with E-state index in [1.54, 1.807) is 24.5 Å². The molecule has 0 radical (unpaired) electrons. The standard InChI is InChI=1S/C10H8BrN5O/c11-7-5-14-9(12)8(16-7)10(17)15-6-1-3-13-4-2-6/h1-5H,(H2,12,14)(H,13,15,17). The van der Waals surface area contributed by atoms with Crippen molar-refractivity contribution in [1.29, 1.82) is 0 Å². The van der Waals surface area contributed by atoms with Crippen molar-refractivity contribution in [3.63, 3.8) is 0 Å². The quantitative estimate of drug-likeness (QED) is 0.874. The van der Waals surface area contributed by atoms with Gasteiger partial charge in [-0.25, -0.2) is 9.97 Å². The van der Waals surface area contributed by atoms with Gasteiger partial charge in [-0.3, -0.25) is 9.78 Å². The number of carbonyl (C=O) groups is 1. The van der Waals surface area contributed by atoms with Gasteiger partial charge in [0.05, 0.1) is 6.20 Å². The summed E-state index contributed by atoms with van der Waals surface area (Å²) in [5.41, 5.74) is 6.27. The van der Waals surface area contributed by atoms with Crippen molar-refractivity contribution >= 4 is 33.3 Å². The van der Waals surface area contributed by atoms with Gasteiger partial charge in [-0.05, 0) is 28.1 Å². The van der Waals surface area contributed by atoms with Crippen LogP contribution in [0, 0.1) is 0 Å². The van der Waals surface area contributed by atoms with E-state index in [4.69, 9.17) is 5.73 Å². The average Bonchev–Trinajstić information content (AvgIpc) is 2.33. The summed E-state index contributed by atoms with van der Waals surface area (Å²) in [5.74, 6) is -0.331. The molecule has 2 heterocycles. The van der Waals surface area contributed by atoms with Crippen molar-refractivity contribution in [2.45, 2.75) is 0 Å². The Morgan fingerprint density at radius 3 is 2.76 bits per heavy atom. The highest BCUT2D eigenvalue weighted by Crippen LogP contribution is 2.13. The van der Waals surface area contributed by atoms with Crippen molar-refractivity contribution in [1.82, 2.24) is 15.0 Å². The molecule has 2 aromatic rings. The molecule has 0 aliphatic carbocycles. The summed E-state index contributed by atoms with van der Waals surface area (Å²) in [6.07, 6.45) is 4.58. The maximum atomic E-state index is 11.9.